The molecular weight excluding hydrogens is 455 g/mol. The summed E-state index contributed by atoms with van der Waals surface area (Å²) in [5.74, 6) is -1.99. The molecule has 0 fully saturated rings. The molecule has 1 N–H and O–H groups in total. The number of nitriles is 1. The molecule has 0 radical (unpaired) electrons. The molecule has 158 valence electrons. The van der Waals surface area contributed by atoms with Gasteiger partial charge in [-0.25, -0.2) is 8.42 Å². The number of benzene rings is 3. The summed E-state index contributed by atoms with van der Waals surface area (Å²) in [6.07, 6.45) is 0. The van der Waals surface area contributed by atoms with Crippen LogP contribution in [0.2, 0.25) is 10.0 Å². The van der Waals surface area contributed by atoms with Crippen molar-refractivity contribution >= 4 is 44.6 Å². The van der Waals surface area contributed by atoms with Gasteiger partial charge in [0.15, 0.2) is 9.84 Å². The summed E-state index contributed by atoms with van der Waals surface area (Å²) in [5, 5.41) is 13.1. The van der Waals surface area contributed by atoms with Crippen molar-refractivity contribution in [1.82, 2.24) is 0 Å². The first-order valence-corrected chi connectivity index (χ1v) is 11.6. The van der Waals surface area contributed by atoms with Crippen LogP contribution in [-0.4, -0.2) is 20.1 Å². The minimum absolute atomic E-state index is 0.0788. The highest BCUT2D eigenvalue weighted by atomic mass is 35.5. The average Bonchev–Trinajstić information content (AvgIpc) is 2.73. The van der Waals surface area contributed by atoms with Gasteiger partial charge in [-0.3, -0.25) is 4.79 Å². The fourth-order valence-corrected chi connectivity index (χ4v) is 4.66. The Balaban J connectivity index is 1.82. The summed E-state index contributed by atoms with van der Waals surface area (Å²) in [4.78, 5) is 12.5. The van der Waals surface area contributed by atoms with E-state index in [2.05, 4.69) is 11.4 Å². The number of rotatable bonds is 6. The van der Waals surface area contributed by atoms with E-state index in [1.165, 1.54) is 18.2 Å². The molecule has 0 unspecified atom stereocenters. The number of amides is 1. The topological polar surface area (TPSA) is 87.0 Å². The molecule has 0 aliphatic heterocycles. The number of anilines is 1. The number of nitrogens with zero attached hydrogens (tertiary/aromatic N) is 1. The van der Waals surface area contributed by atoms with Gasteiger partial charge < -0.3 is 5.32 Å². The van der Waals surface area contributed by atoms with Crippen molar-refractivity contribution in [2.24, 2.45) is 0 Å². The van der Waals surface area contributed by atoms with Crippen molar-refractivity contribution in [1.29, 1.82) is 5.26 Å². The monoisotopic (exact) mass is 472 g/mol. The highest BCUT2D eigenvalue weighted by Gasteiger charge is 2.22. The Kier molecular flexibility index (Phi) is 7.01. The van der Waals surface area contributed by atoms with Crippen molar-refractivity contribution in [2.45, 2.75) is 17.7 Å². The zero-order chi connectivity index (χ0) is 22.6. The molecule has 3 rings (SSSR count). The molecule has 3 aromatic rings. The van der Waals surface area contributed by atoms with Gasteiger partial charge in [-0.1, -0.05) is 59.6 Å². The standard InChI is InChI=1S/C23H18Cl2N2O3S/c1-15-11-19(20(13-26)16-7-9-17(24)10-8-16)21(25)12-22(15)27-23(28)14-31(29,30)18-5-3-2-4-6-18/h2-12,20H,14H2,1H3,(H,27,28)/t20-/m1/s1. The lowest BCUT2D eigenvalue weighted by Crippen LogP contribution is -2.23. The Morgan fingerprint density at radius 3 is 2.32 bits per heavy atom. The smallest absolute Gasteiger partial charge is 0.239 e. The van der Waals surface area contributed by atoms with E-state index < -0.39 is 27.4 Å². The van der Waals surface area contributed by atoms with Crippen molar-refractivity contribution in [3.63, 3.8) is 0 Å². The molecule has 8 heteroatoms. The molecular formula is C23H18Cl2N2O3S. The maximum atomic E-state index is 12.4. The summed E-state index contributed by atoms with van der Waals surface area (Å²) >= 11 is 12.3. The van der Waals surface area contributed by atoms with Crippen molar-refractivity contribution in [3.05, 3.63) is 93.5 Å². The molecule has 0 aliphatic rings. The Labute approximate surface area is 191 Å². The lowest BCUT2D eigenvalue weighted by Gasteiger charge is -2.16. The SMILES string of the molecule is Cc1cc([C@H](C#N)c2ccc(Cl)cc2)c(Cl)cc1NC(=O)CS(=O)(=O)c1ccccc1. The van der Waals surface area contributed by atoms with E-state index in [4.69, 9.17) is 23.2 Å². The quantitative estimate of drug-likeness (QED) is 0.522. The maximum absolute atomic E-state index is 12.4. The summed E-state index contributed by atoms with van der Waals surface area (Å²) in [6, 6.07) is 20.2. The maximum Gasteiger partial charge on any atom is 0.239 e. The van der Waals surface area contributed by atoms with Crippen LogP contribution in [0.1, 0.15) is 22.6 Å². The first-order valence-electron chi connectivity index (χ1n) is 9.24. The highest BCUT2D eigenvalue weighted by molar-refractivity contribution is 7.92. The minimum Gasteiger partial charge on any atom is -0.325 e. The molecule has 0 spiro atoms. The van der Waals surface area contributed by atoms with Crippen LogP contribution in [0.25, 0.3) is 0 Å². The van der Waals surface area contributed by atoms with Crippen LogP contribution in [-0.2, 0) is 14.6 Å². The van der Waals surface area contributed by atoms with Gasteiger partial charge in [0, 0.05) is 15.7 Å². The second-order valence-electron chi connectivity index (χ2n) is 6.92. The number of sulfone groups is 1. The van der Waals surface area contributed by atoms with Crippen molar-refractivity contribution in [2.75, 3.05) is 11.1 Å². The number of halogens is 2. The van der Waals surface area contributed by atoms with E-state index in [1.54, 1.807) is 55.5 Å². The molecule has 1 atom stereocenters. The second kappa shape index (κ2) is 9.52. The number of aryl methyl sites for hydroxylation is 1. The van der Waals surface area contributed by atoms with Gasteiger partial charge in [-0.05, 0) is 53.9 Å². The van der Waals surface area contributed by atoms with E-state index in [0.717, 1.165) is 5.56 Å². The van der Waals surface area contributed by atoms with Crippen molar-refractivity contribution < 1.29 is 13.2 Å². The van der Waals surface area contributed by atoms with E-state index in [1.807, 2.05) is 0 Å². The predicted octanol–water partition coefficient (Wildman–Crippen LogP) is 5.37. The number of nitrogens with one attached hydrogen (secondary N) is 1. The van der Waals surface area contributed by atoms with E-state index >= 15 is 0 Å². The fraction of sp³-hybridized carbons (Fsp3) is 0.130. The molecule has 0 aromatic heterocycles. The van der Waals surface area contributed by atoms with E-state index in [-0.39, 0.29) is 9.92 Å². The van der Waals surface area contributed by atoms with Gasteiger partial charge in [0.1, 0.15) is 5.75 Å². The van der Waals surface area contributed by atoms with Gasteiger partial charge in [0.2, 0.25) is 5.91 Å². The van der Waals surface area contributed by atoms with Crippen LogP contribution in [0.3, 0.4) is 0 Å². The van der Waals surface area contributed by atoms with Crippen LogP contribution in [0, 0.1) is 18.3 Å². The Hall–Kier alpha value is -2.85. The van der Waals surface area contributed by atoms with Crippen LogP contribution in [0.15, 0.2) is 71.6 Å². The van der Waals surface area contributed by atoms with Gasteiger partial charge in [-0.2, -0.15) is 5.26 Å². The molecule has 31 heavy (non-hydrogen) atoms. The van der Waals surface area contributed by atoms with Gasteiger partial charge in [0.25, 0.3) is 0 Å². The average molecular weight is 473 g/mol. The fourth-order valence-electron chi connectivity index (χ4n) is 3.11. The number of carbonyl (C=O) groups excluding carboxylic acids is 1. The highest BCUT2D eigenvalue weighted by Crippen LogP contribution is 2.34. The zero-order valence-corrected chi connectivity index (χ0v) is 18.8. The predicted molar refractivity (Wildman–Crippen MR) is 122 cm³/mol. The molecule has 0 saturated heterocycles. The Morgan fingerprint density at radius 1 is 1.06 bits per heavy atom. The van der Waals surface area contributed by atoms with Gasteiger partial charge in [0.05, 0.1) is 16.9 Å². The minimum atomic E-state index is -3.77. The summed E-state index contributed by atoms with van der Waals surface area (Å²) < 4.78 is 24.8. The third-order valence-electron chi connectivity index (χ3n) is 4.68. The Morgan fingerprint density at radius 2 is 1.71 bits per heavy atom. The summed E-state index contributed by atoms with van der Waals surface area (Å²) in [7, 11) is -3.77. The van der Waals surface area contributed by atoms with Gasteiger partial charge in [-0.15, -0.1) is 0 Å². The van der Waals surface area contributed by atoms with Crippen molar-refractivity contribution in [3.8, 4) is 6.07 Å². The molecule has 5 nitrogen and oxygen atoms in total. The first-order chi connectivity index (χ1) is 14.7. The van der Waals surface area contributed by atoms with E-state index in [0.29, 0.717) is 21.8 Å². The number of hydrogen-bond acceptors (Lipinski definition) is 4. The lowest BCUT2D eigenvalue weighted by atomic mass is 9.91. The Bertz CT molecular complexity index is 1250. The normalized spacial score (nSPS) is 12.1. The summed E-state index contributed by atoms with van der Waals surface area (Å²) in [5.41, 5.74) is 2.35. The molecule has 0 bridgehead atoms. The van der Waals surface area contributed by atoms with E-state index in [9.17, 15) is 18.5 Å². The third-order valence-corrected chi connectivity index (χ3v) is 6.90. The molecule has 1 amide bonds. The molecule has 0 saturated carbocycles. The second-order valence-corrected chi connectivity index (χ2v) is 9.76. The molecule has 3 aromatic carbocycles. The van der Waals surface area contributed by atoms with Crippen LogP contribution < -0.4 is 5.32 Å². The van der Waals surface area contributed by atoms with Crippen LogP contribution in [0.5, 0.6) is 0 Å². The zero-order valence-electron chi connectivity index (χ0n) is 16.5. The van der Waals surface area contributed by atoms with Crippen LogP contribution in [0.4, 0.5) is 5.69 Å². The lowest BCUT2D eigenvalue weighted by molar-refractivity contribution is -0.113. The largest absolute Gasteiger partial charge is 0.325 e. The first kappa shape index (κ1) is 22.8. The summed E-state index contributed by atoms with van der Waals surface area (Å²) in [6.45, 7) is 1.75. The number of carbonyl (C=O) groups is 1. The molecule has 0 heterocycles. The number of hydrogen-bond donors (Lipinski definition) is 1. The van der Waals surface area contributed by atoms with Gasteiger partial charge >= 0.3 is 0 Å². The molecule has 0 aliphatic carbocycles. The van der Waals surface area contributed by atoms with Crippen LogP contribution >= 0.6 is 23.2 Å². The third kappa shape index (κ3) is 5.45.